The van der Waals surface area contributed by atoms with Gasteiger partial charge < -0.3 is 5.73 Å². The topological polar surface area (TPSA) is 63.4 Å². The summed E-state index contributed by atoms with van der Waals surface area (Å²) in [5.41, 5.74) is 6.83. The predicted molar refractivity (Wildman–Crippen MR) is 77.2 cm³/mol. The molecule has 1 aromatic rings. The van der Waals surface area contributed by atoms with Crippen LogP contribution < -0.4 is 5.73 Å². The first-order valence-electron chi connectivity index (χ1n) is 6.19. The molecule has 0 saturated carbocycles. The van der Waals surface area contributed by atoms with E-state index in [0.717, 1.165) is 12.0 Å². The molecule has 0 spiro atoms. The van der Waals surface area contributed by atoms with E-state index in [0.29, 0.717) is 12.1 Å². The standard InChI is InChI=1S/C14H20N2O2S/c1-4-10-16(3)19(17,18)14-8-7-12(2)11-13(14)6-5-9-15/h7-8,11H,4,9-10,15H2,1-3H3. The molecule has 0 aromatic heterocycles. The van der Waals surface area contributed by atoms with Gasteiger partial charge in [0.2, 0.25) is 10.0 Å². The average molecular weight is 280 g/mol. The number of nitrogens with zero attached hydrogens (tertiary/aromatic N) is 1. The van der Waals surface area contributed by atoms with Crippen LogP contribution in [0.4, 0.5) is 0 Å². The third kappa shape index (κ3) is 3.80. The van der Waals surface area contributed by atoms with Crippen molar-refractivity contribution in [2.75, 3.05) is 20.1 Å². The Morgan fingerprint density at radius 1 is 1.37 bits per heavy atom. The van der Waals surface area contributed by atoms with E-state index in [1.807, 2.05) is 13.8 Å². The van der Waals surface area contributed by atoms with Gasteiger partial charge in [-0.05, 0) is 31.0 Å². The van der Waals surface area contributed by atoms with Crippen molar-refractivity contribution in [3.8, 4) is 11.8 Å². The molecule has 0 unspecified atom stereocenters. The zero-order valence-corrected chi connectivity index (χ0v) is 12.4. The van der Waals surface area contributed by atoms with Gasteiger partial charge in [-0.1, -0.05) is 24.8 Å². The van der Waals surface area contributed by atoms with Gasteiger partial charge in [-0.3, -0.25) is 0 Å². The van der Waals surface area contributed by atoms with Gasteiger partial charge in [0.1, 0.15) is 0 Å². The summed E-state index contributed by atoms with van der Waals surface area (Å²) in [5, 5.41) is 0. The molecule has 4 nitrogen and oxygen atoms in total. The Hall–Kier alpha value is -1.35. The molecule has 0 bridgehead atoms. The second kappa shape index (κ2) is 6.71. The van der Waals surface area contributed by atoms with Crippen molar-refractivity contribution in [1.82, 2.24) is 4.31 Å². The van der Waals surface area contributed by atoms with Gasteiger partial charge in [-0.2, -0.15) is 0 Å². The lowest BCUT2D eigenvalue weighted by molar-refractivity contribution is 0.468. The van der Waals surface area contributed by atoms with E-state index >= 15 is 0 Å². The number of sulfonamides is 1. The fourth-order valence-electron chi connectivity index (χ4n) is 1.72. The lowest BCUT2D eigenvalue weighted by Crippen LogP contribution is -2.28. The first kappa shape index (κ1) is 15.7. The number of aryl methyl sites for hydroxylation is 1. The molecule has 19 heavy (non-hydrogen) atoms. The van der Waals surface area contributed by atoms with Crippen molar-refractivity contribution in [2.45, 2.75) is 25.2 Å². The fourth-order valence-corrected chi connectivity index (χ4v) is 3.10. The summed E-state index contributed by atoms with van der Waals surface area (Å²) in [4.78, 5) is 0.245. The van der Waals surface area contributed by atoms with Crippen molar-refractivity contribution in [3.05, 3.63) is 29.3 Å². The number of benzene rings is 1. The maximum absolute atomic E-state index is 12.4. The smallest absolute Gasteiger partial charge is 0.244 e. The molecule has 104 valence electrons. The molecule has 0 heterocycles. The summed E-state index contributed by atoms with van der Waals surface area (Å²) < 4.78 is 26.2. The third-order valence-electron chi connectivity index (χ3n) is 2.69. The summed E-state index contributed by atoms with van der Waals surface area (Å²) >= 11 is 0. The Bertz CT molecular complexity index is 598. The predicted octanol–water partition coefficient (Wildman–Crippen LogP) is 1.34. The molecule has 2 N–H and O–H groups in total. The van der Waals surface area contributed by atoms with E-state index in [9.17, 15) is 8.42 Å². The number of nitrogens with two attached hydrogens (primary N) is 1. The molecule has 0 aliphatic carbocycles. The third-order valence-corrected chi connectivity index (χ3v) is 4.60. The van der Waals surface area contributed by atoms with Gasteiger partial charge in [0, 0.05) is 19.2 Å². The van der Waals surface area contributed by atoms with Gasteiger partial charge in [-0.15, -0.1) is 0 Å². The van der Waals surface area contributed by atoms with Crippen LogP contribution in [0.15, 0.2) is 23.1 Å². The number of hydrogen-bond donors (Lipinski definition) is 1. The van der Waals surface area contributed by atoms with Gasteiger partial charge in [0.25, 0.3) is 0 Å². The van der Waals surface area contributed by atoms with Gasteiger partial charge in [0.15, 0.2) is 0 Å². The summed E-state index contributed by atoms with van der Waals surface area (Å²) in [6.45, 7) is 4.54. The monoisotopic (exact) mass is 280 g/mol. The van der Waals surface area contributed by atoms with E-state index in [1.165, 1.54) is 4.31 Å². The molecule has 1 rings (SSSR count). The Morgan fingerprint density at radius 3 is 2.63 bits per heavy atom. The van der Waals surface area contributed by atoms with Crippen LogP contribution in [0.3, 0.4) is 0 Å². The first-order chi connectivity index (χ1) is 8.93. The average Bonchev–Trinajstić information content (AvgIpc) is 2.36. The highest BCUT2D eigenvalue weighted by molar-refractivity contribution is 7.89. The van der Waals surface area contributed by atoms with Crippen LogP contribution in [0.1, 0.15) is 24.5 Å². The van der Waals surface area contributed by atoms with Crippen molar-refractivity contribution in [3.63, 3.8) is 0 Å². The van der Waals surface area contributed by atoms with Crippen LogP contribution in [0.5, 0.6) is 0 Å². The van der Waals surface area contributed by atoms with Crippen molar-refractivity contribution in [1.29, 1.82) is 0 Å². The highest BCUT2D eigenvalue weighted by Gasteiger charge is 2.22. The Balaban J connectivity index is 3.33. The molecule has 1 aromatic carbocycles. The Morgan fingerprint density at radius 2 is 2.05 bits per heavy atom. The Kier molecular flexibility index (Phi) is 5.55. The van der Waals surface area contributed by atoms with E-state index in [1.54, 1.807) is 25.2 Å². The van der Waals surface area contributed by atoms with Crippen LogP contribution in [-0.4, -0.2) is 32.9 Å². The van der Waals surface area contributed by atoms with Gasteiger partial charge in [-0.25, -0.2) is 12.7 Å². The minimum Gasteiger partial charge on any atom is -0.320 e. The zero-order valence-electron chi connectivity index (χ0n) is 11.6. The number of rotatable bonds is 4. The lowest BCUT2D eigenvalue weighted by Gasteiger charge is -2.17. The number of hydrogen-bond acceptors (Lipinski definition) is 3. The highest BCUT2D eigenvalue weighted by atomic mass is 32.2. The molecule has 0 saturated heterocycles. The second-order valence-electron chi connectivity index (χ2n) is 4.33. The minimum atomic E-state index is -3.49. The van der Waals surface area contributed by atoms with Crippen LogP contribution in [0, 0.1) is 18.8 Å². The van der Waals surface area contributed by atoms with Crippen LogP contribution in [0.25, 0.3) is 0 Å². The van der Waals surface area contributed by atoms with Crippen molar-refractivity contribution >= 4 is 10.0 Å². The summed E-state index contributed by atoms with van der Waals surface area (Å²) in [5.74, 6) is 5.55. The normalized spacial score (nSPS) is 11.2. The van der Waals surface area contributed by atoms with Crippen LogP contribution >= 0.6 is 0 Å². The van der Waals surface area contributed by atoms with E-state index in [2.05, 4.69) is 11.8 Å². The molecule has 0 aliphatic rings. The Labute approximate surface area is 115 Å². The van der Waals surface area contributed by atoms with Crippen molar-refractivity contribution in [2.24, 2.45) is 5.73 Å². The quantitative estimate of drug-likeness (QED) is 0.846. The fraction of sp³-hybridized carbons (Fsp3) is 0.429. The van der Waals surface area contributed by atoms with E-state index < -0.39 is 10.0 Å². The molecule has 0 amide bonds. The van der Waals surface area contributed by atoms with Crippen LogP contribution in [-0.2, 0) is 10.0 Å². The first-order valence-corrected chi connectivity index (χ1v) is 7.63. The SMILES string of the molecule is CCCN(C)S(=O)(=O)c1ccc(C)cc1C#CCN. The largest absolute Gasteiger partial charge is 0.320 e. The van der Waals surface area contributed by atoms with Gasteiger partial charge in [0.05, 0.1) is 11.4 Å². The lowest BCUT2D eigenvalue weighted by atomic mass is 10.1. The second-order valence-corrected chi connectivity index (χ2v) is 6.35. The van der Waals surface area contributed by atoms with Crippen molar-refractivity contribution < 1.29 is 8.42 Å². The van der Waals surface area contributed by atoms with Crippen LogP contribution in [0.2, 0.25) is 0 Å². The van der Waals surface area contributed by atoms with E-state index in [-0.39, 0.29) is 11.4 Å². The molecule has 0 fully saturated rings. The molecule has 0 atom stereocenters. The maximum atomic E-state index is 12.4. The summed E-state index contributed by atoms with van der Waals surface area (Å²) in [6, 6.07) is 5.16. The summed E-state index contributed by atoms with van der Waals surface area (Å²) in [7, 11) is -1.91. The highest BCUT2D eigenvalue weighted by Crippen LogP contribution is 2.20. The molecular weight excluding hydrogens is 260 g/mol. The molecule has 0 aliphatic heterocycles. The van der Waals surface area contributed by atoms with Gasteiger partial charge >= 0.3 is 0 Å². The molecule has 5 heteroatoms. The summed E-state index contributed by atoms with van der Waals surface area (Å²) in [6.07, 6.45) is 0.769. The van der Waals surface area contributed by atoms with E-state index in [4.69, 9.17) is 5.73 Å². The molecule has 0 radical (unpaired) electrons. The zero-order chi connectivity index (χ0) is 14.5. The maximum Gasteiger partial charge on any atom is 0.244 e. The molecular formula is C14H20N2O2S. The minimum absolute atomic E-state index is 0.207.